The molecule has 72 valence electrons. The molecule has 0 aromatic heterocycles. The van der Waals surface area contributed by atoms with Crippen molar-refractivity contribution in [2.24, 2.45) is 5.92 Å². The van der Waals surface area contributed by atoms with E-state index in [4.69, 9.17) is 5.11 Å². The Morgan fingerprint density at radius 1 is 1.33 bits per heavy atom. The summed E-state index contributed by atoms with van der Waals surface area (Å²) >= 11 is 0. The molecule has 0 heterocycles. The van der Waals surface area contributed by atoms with Gasteiger partial charge in [0.05, 0.1) is 6.10 Å². The van der Waals surface area contributed by atoms with E-state index >= 15 is 0 Å². The SMILES string of the molecule is CS(C)(=O)=O.C[C@H]1C=C[C@H](O)C1. The lowest BCUT2D eigenvalue weighted by atomic mass is 10.1. The van der Waals surface area contributed by atoms with E-state index in [1.165, 1.54) is 0 Å². The van der Waals surface area contributed by atoms with E-state index in [2.05, 4.69) is 6.92 Å². The molecule has 0 amide bonds. The van der Waals surface area contributed by atoms with Crippen LogP contribution in [0.25, 0.3) is 0 Å². The van der Waals surface area contributed by atoms with Crippen molar-refractivity contribution in [2.75, 3.05) is 12.5 Å². The van der Waals surface area contributed by atoms with Gasteiger partial charge in [0.2, 0.25) is 0 Å². The summed E-state index contributed by atoms with van der Waals surface area (Å²) in [5.74, 6) is 0.593. The number of aliphatic hydroxyl groups is 1. The largest absolute Gasteiger partial charge is 0.389 e. The van der Waals surface area contributed by atoms with Crippen molar-refractivity contribution in [1.29, 1.82) is 0 Å². The topological polar surface area (TPSA) is 54.4 Å². The number of hydrogen-bond acceptors (Lipinski definition) is 3. The van der Waals surface area contributed by atoms with Gasteiger partial charge in [-0.2, -0.15) is 0 Å². The summed E-state index contributed by atoms with van der Waals surface area (Å²) < 4.78 is 19.3. The Bertz CT molecular complexity index is 223. The monoisotopic (exact) mass is 192 g/mol. The van der Waals surface area contributed by atoms with Crippen LogP contribution in [0.2, 0.25) is 0 Å². The van der Waals surface area contributed by atoms with Crippen molar-refractivity contribution in [3.63, 3.8) is 0 Å². The van der Waals surface area contributed by atoms with E-state index < -0.39 is 9.84 Å². The van der Waals surface area contributed by atoms with Gasteiger partial charge < -0.3 is 5.11 Å². The van der Waals surface area contributed by atoms with E-state index in [-0.39, 0.29) is 6.10 Å². The molecule has 1 rings (SSSR count). The maximum atomic E-state index is 9.63. The summed E-state index contributed by atoms with van der Waals surface area (Å²) in [4.78, 5) is 0. The van der Waals surface area contributed by atoms with E-state index in [0.29, 0.717) is 5.92 Å². The third-order valence-corrected chi connectivity index (χ3v) is 1.28. The van der Waals surface area contributed by atoms with Crippen LogP contribution in [0.4, 0.5) is 0 Å². The molecule has 0 aromatic carbocycles. The van der Waals surface area contributed by atoms with Crippen LogP contribution in [0.15, 0.2) is 12.2 Å². The number of sulfone groups is 1. The van der Waals surface area contributed by atoms with E-state index in [1.54, 1.807) is 0 Å². The third-order valence-electron chi connectivity index (χ3n) is 1.28. The molecule has 0 aromatic rings. The van der Waals surface area contributed by atoms with E-state index in [1.807, 2.05) is 12.2 Å². The number of rotatable bonds is 0. The Morgan fingerprint density at radius 3 is 1.83 bits per heavy atom. The van der Waals surface area contributed by atoms with Crippen LogP contribution in [0.1, 0.15) is 13.3 Å². The van der Waals surface area contributed by atoms with Crippen molar-refractivity contribution >= 4 is 9.84 Å². The minimum absolute atomic E-state index is 0.157. The Balaban J connectivity index is 0.000000217. The fraction of sp³-hybridized carbons (Fsp3) is 0.750. The second-order valence-electron chi connectivity index (χ2n) is 3.31. The molecule has 0 saturated heterocycles. The molecule has 4 heteroatoms. The summed E-state index contributed by atoms with van der Waals surface area (Å²) in [6, 6.07) is 0. The molecular weight excluding hydrogens is 176 g/mol. The lowest BCUT2D eigenvalue weighted by Crippen LogP contribution is -1.97. The highest BCUT2D eigenvalue weighted by Crippen LogP contribution is 2.15. The molecule has 12 heavy (non-hydrogen) atoms. The van der Waals surface area contributed by atoms with Crippen molar-refractivity contribution in [3.05, 3.63) is 12.2 Å². The molecule has 0 saturated carbocycles. The quantitative estimate of drug-likeness (QED) is 0.572. The smallest absolute Gasteiger partial charge is 0.144 e. The molecule has 0 bridgehead atoms. The number of aliphatic hydroxyl groups excluding tert-OH is 1. The van der Waals surface area contributed by atoms with Gasteiger partial charge in [-0.25, -0.2) is 8.42 Å². The number of allylic oxidation sites excluding steroid dienone is 1. The zero-order valence-corrected chi connectivity index (χ0v) is 8.50. The second-order valence-corrected chi connectivity index (χ2v) is 5.59. The summed E-state index contributed by atoms with van der Waals surface area (Å²) in [6.07, 6.45) is 6.98. The van der Waals surface area contributed by atoms with Gasteiger partial charge in [0.25, 0.3) is 0 Å². The fourth-order valence-corrected chi connectivity index (χ4v) is 0.856. The predicted octanol–water partition coefficient (Wildman–Crippen LogP) is 0.604. The highest BCUT2D eigenvalue weighted by Gasteiger charge is 2.10. The summed E-state index contributed by atoms with van der Waals surface area (Å²) in [5, 5.41) is 8.81. The van der Waals surface area contributed by atoms with Crippen LogP contribution in [0, 0.1) is 5.92 Å². The van der Waals surface area contributed by atoms with Crippen LogP contribution < -0.4 is 0 Å². The number of hydrogen-bond donors (Lipinski definition) is 1. The summed E-state index contributed by atoms with van der Waals surface area (Å²) in [5.41, 5.74) is 0. The maximum absolute atomic E-state index is 9.63. The van der Waals surface area contributed by atoms with Gasteiger partial charge in [0.15, 0.2) is 0 Å². The standard InChI is InChI=1S/C6H10O.C2H6O2S/c1-5-2-3-6(7)4-5;1-5(2,3)4/h2-3,5-7H,4H2,1H3;1-2H3/t5-,6-;/m0./s1. The van der Waals surface area contributed by atoms with Gasteiger partial charge in [0.1, 0.15) is 9.84 Å². The predicted molar refractivity (Wildman–Crippen MR) is 49.7 cm³/mol. The lowest BCUT2D eigenvalue weighted by Gasteiger charge is -1.96. The first-order valence-corrected chi connectivity index (χ1v) is 6.10. The van der Waals surface area contributed by atoms with Crippen molar-refractivity contribution < 1.29 is 13.5 Å². The zero-order valence-electron chi connectivity index (χ0n) is 7.69. The normalized spacial score (nSPS) is 28.0. The van der Waals surface area contributed by atoms with Gasteiger partial charge in [-0.3, -0.25) is 0 Å². The average Bonchev–Trinajstić information content (AvgIpc) is 2.09. The summed E-state index contributed by atoms with van der Waals surface area (Å²) in [7, 11) is -2.67. The minimum atomic E-state index is -2.67. The third kappa shape index (κ3) is 9.65. The molecule has 1 aliphatic carbocycles. The van der Waals surface area contributed by atoms with Crippen molar-refractivity contribution in [3.8, 4) is 0 Å². The van der Waals surface area contributed by atoms with Crippen LogP contribution in [-0.2, 0) is 9.84 Å². The molecule has 1 aliphatic rings. The molecule has 3 nitrogen and oxygen atoms in total. The molecular formula is C8H16O3S. The van der Waals surface area contributed by atoms with Crippen LogP contribution in [-0.4, -0.2) is 32.1 Å². The van der Waals surface area contributed by atoms with Gasteiger partial charge in [-0.05, 0) is 12.3 Å². The first-order valence-electron chi connectivity index (χ1n) is 3.80. The Labute approximate surface area is 74.0 Å². The van der Waals surface area contributed by atoms with Crippen molar-refractivity contribution in [2.45, 2.75) is 19.4 Å². The van der Waals surface area contributed by atoms with E-state index in [9.17, 15) is 8.42 Å². The molecule has 0 fully saturated rings. The minimum Gasteiger partial charge on any atom is -0.389 e. The van der Waals surface area contributed by atoms with Gasteiger partial charge in [-0.15, -0.1) is 0 Å². The first kappa shape index (κ1) is 11.6. The summed E-state index contributed by atoms with van der Waals surface area (Å²) in [6.45, 7) is 2.10. The molecule has 2 atom stereocenters. The molecule has 1 N–H and O–H groups in total. The second kappa shape index (κ2) is 4.62. The van der Waals surface area contributed by atoms with E-state index in [0.717, 1.165) is 18.9 Å². The van der Waals surface area contributed by atoms with Gasteiger partial charge >= 0.3 is 0 Å². The average molecular weight is 192 g/mol. The molecule has 0 aliphatic heterocycles. The molecule has 0 unspecified atom stereocenters. The molecule has 0 radical (unpaired) electrons. The van der Waals surface area contributed by atoms with Gasteiger partial charge in [-0.1, -0.05) is 19.1 Å². The lowest BCUT2D eigenvalue weighted by molar-refractivity contribution is 0.212. The highest BCUT2D eigenvalue weighted by molar-refractivity contribution is 7.89. The van der Waals surface area contributed by atoms with Gasteiger partial charge in [0, 0.05) is 12.5 Å². The highest BCUT2D eigenvalue weighted by atomic mass is 32.2. The van der Waals surface area contributed by atoms with Crippen LogP contribution >= 0.6 is 0 Å². The Hall–Kier alpha value is -0.350. The first-order chi connectivity index (χ1) is 5.29. The Morgan fingerprint density at radius 2 is 1.75 bits per heavy atom. The molecule has 0 spiro atoms. The van der Waals surface area contributed by atoms with Crippen LogP contribution in [0.3, 0.4) is 0 Å². The van der Waals surface area contributed by atoms with Crippen LogP contribution in [0.5, 0.6) is 0 Å². The van der Waals surface area contributed by atoms with Crippen molar-refractivity contribution in [1.82, 2.24) is 0 Å². The fourth-order valence-electron chi connectivity index (χ4n) is 0.856. The zero-order chi connectivity index (χ0) is 9.78. The Kier molecular flexibility index (Phi) is 4.49. The maximum Gasteiger partial charge on any atom is 0.144 e.